The second-order valence-electron chi connectivity index (χ2n) is 5.82. The third-order valence-corrected chi connectivity index (χ3v) is 5.54. The molecule has 0 N–H and O–H groups in total. The fraction of sp³-hybridized carbons (Fsp3) is 0.600. The van der Waals surface area contributed by atoms with E-state index in [4.69, 9.17) is 0 Å². The molecule has 1 heterocycles. The Morgan fingerprint density at radius 3 is 2.40 bits per heavy atom. The van der Waals surface area contributed by atoms with Crippen LogP contribution in [-0.4, -0.2) is 63.0 Å². The van der Waals surface area contributed by atoms with Gasteiger partial charge in [0.1, 0.15) is 0 Å². The number of likely N-dealkylation sites (N-methyl/N-ethyl adjacent to an activating group) is 1. The number of nitrogens with zero attached hydrogens (tertiary/aromatic N) is 2. The van der Waals surface area contributed by atoms with E-state index in [-0.39, 0.29) is 6.04 Å². The van der Waals surface area contributed by atoms with Crippen molar-refractivity contribution in [3.8, 4) is 0 Å². The van der Waals surface area contributed by atoms with Crippen molar-refractivity contribution in [1.82, 2.24) is 9.80 Å². The first kappa shape index (κ1) is 15.5. The molecule has 0 unspecified atom stereocenters. The standard InChI is InChI=1S/C15H24N2O2S/c1-16(2)9-10-17(12-14-6-4-3-5-7-14)15-8-11-20(18,19)13-15/h3-7,15H,8-13H2,1-2H3/t15-/m1/s1. The van der Waals surface area contributed by atoms with Crippen LogP contribution >= 0.6 is 0 Å². The molecule has 0 radical (unpaired) electrons. The minimum absolute atomic E-state index is 0.167. The summed E-state index contributed by atoms with van der Waals surface area (Å²) in [6.07, 6.45) is 0.766. The fourth-order valence-electron chi connectivity index (χ4n) is 2.60. The average Bonchev–Trinajstić information content (AvgIpc) is 2.76. The van der Waals surface area contributed by atoms with Gasteiger partial charge < -0.3 is 4.90 Å². The van der Waals surface area contributed by atoms with E-state index in [9.17, 15) is 8.42 Å². The lowest BCUT2D eigenvalue weighted by molar-refractivity contribution is 0.183. The fourth-order valence-corrected chi connectivity index (χ4v) is 4.36. The van der Waals surface area contributed by atoms with Gasteiger partial charge in [0.15, 0.2) is 9.84 Å². The smallest absolute Gasteiger partial charge is 0.151 e. The zero-order chi connectivity index (χ0) is 14.6. The van der Waals surface area contributed by atoms with Gasteiger partial charge in [-0.2, -0.15) is 0 Å². The van der Waals surface area contributed by atoms with Crippen molar-refractivity contribution >= 4 is 9.84 Å². The van der Waals surface area contributed by atoms with E-state index in [2.05, 4.69) is 21.9 Å². The summed E-state index contributed by atoms with van der Waals surface area (Å²) in [6, 6.07) is 10.4. The highest BCUT2D eigenvalue weighted by Crippen LogP contribution is 2.19. The lowest BCUT2D eigenvalue weighted by atomic mass is 10.1. The van der Waals surface area contributed by atoms with Gasteiger partial charge in [0.2, 0.25) is 0 Å². The van der Waals surface area contributed by atoms with Crippen LogP contribution in [0, 0.1) is 0 Å². The van der Waals surface area contributed by atoms with E-state index in [1.54, 1.807) is 0 Å². The summed E-state index contributed by atoms with van der Waals surface area (Å²) in [4.78, 5) is 4.46. The van der Waals surface area contributed by atoms with Crippen molar-refractivity contribution in [2.75, 3.05) is 38.7 Å². The first-order chi connectivity index (χ1) is 9.46. The van der Waals surface area contributed by atoms with E-state index in [0.29, 0.717) is 11.5 Å². The lowest BCUT2D eigenvalue weighted by Gasteiger charge is -2.29. The Morgan fingerprint density at radius 2 is 1.85 bits per heavy atom. The zero-order valence-corrected chi connectivity index (χ0v) is 13.1. The molecule has 0 amide bonds. The Hall–Kier alpha value is -0.910. The predicted octanol–water partition coefficient (Wildman–Crippen LogP) is 1.24. The Labute approximate surface area is 122 Å². The molecule has 2 rings (SSSR count). The molecule has 0 aliphatic carbocycles. The molecule has 0 bridgehead atoms. The molecule has 112 valence electrons. The first-order valence-corrected chi connectivity index (χ1v) is 8.91. The van der Waals surface area contributed by atoms with Crippen molar-refractivity contribution in [3.05, 3.63) is 35.9 Å². The van der Waals surface area contributed by atoms with Gasteiger partial charge in [-0.05, 0) is 26.1 Å². The third-order valence-electron chi connectivity index (χ3n) is 3.79. The molecule has 5 heteroatoms. The molecule has 0 aromatic heterocycles. The van der Waals surface area contributed by atoms with Crippen LogP contribution in [0.25, 0.3) is 0 Å². The summed E-state index contributed by atoms with van der Waals surface area (Å²) >= 11 is 0. The number of sulfone groups is 1. The first-order valence-electron chi connectivity index (χ1n) is 7.09. The predicted molar refractivity (Wildman–Crippen MR) is 82.5 cm³/mol. The van der Waals surface area contributed by atoms with Crippen molar-refractivity contribution < 1.29 is 8.42 Å². The second-order valence-corrected chi connectivity index (χ2v) is 8.04. The highest BCUT2D eigenvalue weighted by molar-refractivity contribution is 7.91. The van der Waals surface area contributed by atoms with Gasteiger partial charge in [0, 0.05) is 25.7 Å². The summed E-state index contributed by atoms with van der Waals surface area (Å²) in [7, 11) is 1.27. The normalized spacial score (nSPS) is 21.7. The molecule has 20 heavy (non-hydrogen) atoms. The van der Waals surface area contributed by atoms with Crippen LogP contribution in [0.1, 0.15) is 12.0 Å². The number of rotatable bonds is 6. The Morgan fingerprint density at radius 1 is 1.15 bits per heavy atom. The van der Waals surface area contributed by atoms with Crippen LogP contribution in [0.15, 0.2) is 30.3 Å². The Balaban J connectivity index is 2.04. The molecule has 0 saturated carbocycles. The van der Waals surface area contributed by atoms with Crippen LogP contribution < -0.4 is 0 Å². The monoisotopic (exact) mass is 296 g/mol. The molecular weight excluding hydrogens is 272 g/mol. The van der Waals surface area contributed by atoms with Crippen LogP contribution in [0.2, 0.25) is 0 Å². The van der Waals surface area contributed by atoms with Crippen molar-refractivity contribution in [2.24, 2.45) is 0 Å². The SMILES string of the molecule is CN(C)CCN(Cc1ccccc1)[C@@H]1CCS(=O)(=O)C1. The molecule has 4 nitrogen and oxygen atoms in total. The molecular formula is C15H24N2O2S. The lowest BCUT2D eigenvalue weighted by Crippen LogP contribution is -2.40. The minimum atomic E-state index is -2.83. The van der Waals surface area contributed by atoms with Gasteiger partial charge in [0.25, 0.3) is 0 Å². The van der Waals surface area contributed by atoms with Crippen molar-refractivity contribution in [3.63, 3.8) is 0 Å². The maximum absolute atomic E-state index is 11.7. The number of hydrogen-bond donors (Lipinski definition) is 0. The molecule has 1 atom stereocenters. The van der Waals surface area contributed by atoms with E-state index in [1.165, 1.54) is 5.56 Å². The van der Waals surface area contributed by atoms with Gasteiger partial charge in [-0.15, -0.1) is 0 Å². The van der Waals surface area contributed by atoms with Crippen LogP contribution in [-0.2, 0) is 16.4 Å². The van der Waals surface area contributed by atoms with Gasteiger partial charge in [-0.1, -0.05) is 30.3 Å². The summed E-state index contributed by atoms with van der Waals surface area (Å²) in [6.45, 7) is 2.68. The molecule has 1 saturated heterocycles. The van der Waals surface area contributed by atoms with E-state index >= 15 is 0 Å². The molecule has 1 aromatic rings. The largest absolute Gasteiger partial charge is 0.308 e. The van der Waals surface area contributed by atoms with E-state index in [1.807, 2.05) is 32.3 Å². The number of benzene rings is 1. The number of hydrogen-bond acceptors (Lipinski definition) is 4. The third kappa shape index (κ3) is 4.58. The topological polar surface area (TPSA) is 40.6 Å². The summed E-state index contributed by atoms with van der Waals surface area (Å²) in [5.41, 5.74) is 1.25. The van der Waals surface area contributed by atoms with Gasteiger partial charge in [0.05, 0.1) is 11.5 Å². The van der Waals surface area contributed by atoms with Crippen molar-refractivity contribution in [1.29, 1.82) is 0 Å². The highest BCUT2D eigenvalue weighted by Gasteiger charge is 2.32. The Kier molecular flexibility index (Phi) is 5.18. The van der Waals surface area contributed by atoms with Crippen LogP contribution in [0.5, 0.6) is 0 Å². The maximum Gasteiger partial charge on any atom is 0.151 e. The zero-order valence-electron chi connectivity index (χ0n) is 12.3. The highest BCUT2D eigenvalue weighted by atomic mass is 32.2. The van der Waals surface area contributed by atoms with E-state index < -0.39 is 9.84 Å². The molecule has 1 aliphatic heterocycles. The van der Waals surface area contributed by atoms with Crippen molar-refractivity contribution in [2.45, 2.75) is 19.0 Å². The average molecular weight is 296 g/mol. The van der Waals surface area contributed by atoms with Crippen LogP contribution in [0.4, 0.5) is 0 Å². The van der Waals surface area contributed by atoms with Gasteiger partial charge >= 0.3 is 0 Å². The minimum Gasteiger partial charge on any atom is -0.308 e. The quantitative estimate of drug-likeness (QED) is 0.792. The molecule has 1 aromatic carbocycles. The summed E-state index contributed by atoms with van der Waals surface area (Å²) in [5.74, 6) is 0.651. The molecule has 1 aliphatic rings. The molecule has 1 fully saturated rings. The van der Waals surface area contributed by atoms with Gasteiger partial charge in [-0.3, -0.25) is 4.90 Å². The summed E-state index contributed by atoms with van der Waals surface area (Å²) in [5, 5.41) is 0. The van der Waals surface area contributed by atoms with Crippen LogP contribution in [0.3, 0.4) is 0 Å². The van der Waals surface area contributed by atoms with E-state index in [0.717, 1.165) is 26.1 Å². The molecule has 0 spiro atoms. The maximum atomic E-state index is 11.7. The Bertz CT molecular complexity index is 514. The summed E-state index contributed by atoms with van der Waals surface area (Å²) < 4.78 is 23.4. The van der Waals surface area contributed by atoms with Gasteiger partial charge in [-0.25, -0.2) is 8.42 Å². The second kappa shape index (κ2) is 6.70.